The van der Waals surface area contributed by atoms with Crippen LogP contribution in [0.3, 0.4) is 0 Å². The maximum absolute atomic E-state index is 13.5. The number of carbonyl (C=O) groups is 2. The maximum Gasteiger partial charge on any atom is 0.338 e. The highest BCUT2D eigenvalue weighted by Gasteiger charge is 2.62. The third kappa shape index (κ3) is 7.03. The zero-order valence-electron chi connectivity index (χ0n) is 29.0. The molecule has 0 radical (unpaired) electrons. The summed E-state index contributed by atoms with van der Waals surface area (Å²) in [5.41, 5.74) is 1.36. The average Bonchev–Trinajstić information content (AvgIpc) is 3.39. The molecule has 0 aliphatic heterocycles. The summed E-state index contributed by atoms with van der Waals surface area (Å²) in [6.07, 6.45) is 12.1. The first-order valence-corrected chi connectivity index (χ1v) is 19.1. The third-order valence-corrected chi connectivity index (χ3v) is 14.0. The van der Waals surface area contributed by atoms with Crippen LogP contribution in [0, 0.1) is 52.3 Å². The first kappa shape index (κ1) is 34.8. The zero-order chi connectivity index (χ0) is 33.5. The van der Waals surface area contributed by atoms with Gasteiger partial charge in [-0.05, 0) is 152 Å². The molecule has 0 N–H and O–H groups in total. The first-order valence-electron chi connectivity index (χ1n) is 18.3. The Labute approximate surface area is 292 Å². The first-order chi connectivity index (χ1) is 22.4. The number of hydrogen-bond acceptors (Lipinski definition) is 4. The highest BCUT2D eigenvalue weighted by Crippen LogP contribution is 2.68. The molecule has 47 heavy (non-hydrogen) atoms. The number of halogens is 2. The van der Waals surface area contributed by atoms with Crippen LogP contribution < -0.4 is 0 Å². The fourth-order valence-electron chi connectivity index (χ4n) is 11.1. The van der Waals surface area contributed by atoms with Crippen LogP contribution in [0.25, 0.3) is 0 Å². The summed E-state index contributed by atoms with van der Waals surface area (Å²) < 4.78 is 12.5. The molecule has 2 aromatic carbocycles. The van der Waals surface area contributed by atoms with E-state index in [0.717, 1.165) is 42.9 Å². The molecule has 2 aromatic rings. The fourth-order valence-corrected chi connectivity index (χ4v) is 11.3. The third-order valence-electron chi connectivity index (χ3n) is 13.5. The molecule has 10 atom stereocenters. The number of carbonyl (C=O) groups excluding carboxylic acids is 2. The summed E-state index contributed by atoms with van der Waals surface area (Å²) in [7, 11) is 0. The summed E-state index contributed by atoms with van der Waals surface area (Å²) in [5.74, 6) is 4.10. The van der Waals surface area contributed by atoms with Gasteiger partial charge in [0.15, 0.2) is 0 Å². The number of hydrogen-bond donors (Lipinski definition) is 0. The van der Waals surface area contributed by atoms with Crippen molar-refractivity contribution in [2.75, 3.05) is 0 Å². The average molecular weight is 682 g/mol. The topological polar surface area (TPSA) is 52.6 Å². The molecule has 4 fully saturated rings. The van der Waals surface area contributed by atoms with E-state index in [0.29, 0.717) is 44.3 Å². The van der Waals surface area contributed by atoms with Crippen molar-refractivity contribution in [1.29, 1.82) is 0 Å². The van der Waals surface area contributed by atoms with Gasteiger partial charge in [0.2, 0.25) is 0 Å². The van der Waals surface area contributed by atoms with E-state index in [1.54, 1.807) is 48.5 Å². The number of rotatable bonds is 9. The Balaban J connectivity index is 1.22. The summed E-state index contributed by atoms with van der Waals surface area (Å²) >= 11 is 12.2. The summed E-state index contributed by atoms with van der Waals surface area (Å²) in [4.78, 5) is 26.8. The van der Waals surface area contributed by atoms with Crippen LogP contribution in [-0.2, 0) is 9.47 Å². The second-order valence-corrected chi connectivity index (χ2v) is 17.4. The van der Waals surface area contributed by atoms with Crippen LogP contribution >= 0.6 is 23.2 Å². The summed E-state index contributed by atoms with van der Waals surface area (Å²) in [6, 6.07) is 13.6. The second kappa shape index (κ2) is 14.1. The van der Waals surface area contributed by atoms with Crippen molar-refractivity contribution in [3.05, 3.63) is 69.7 Å². The van der Waals surface area contributed by atoms with E-state index in [1.807, 2.05) is 0 Å². The lowest BCUT2D eigenvalue weighted by atomic mass is 9.44. The molecule has 4 aliphatic rings. The molecule has 6 rings (SSSR count). The molecule has 4 saturated carbocycles. The second-order valence-electron chi connectivity index (χ2n) is 16.5. The van der Waals surface area contributed by atoms with E-state index in [9.17, 15) is 9.59 Å². The fraction of sp³-hybridized carbons (Fsp3) is 0.659. The van der Waals surface area contributed by atoms with Crippen molar-refractivity contribution >= 4 is 35.1 Å². The summed E-state index contributed by atoms with van der Waals surface area (Å²) in [5, 5.41) is 1.14. The number of fused-ring (bicyclic) bond motifs is 5. The van der Waals surface area contributed by atoms with Gasteiger partial charge in [-0.2, -0.15) is 0 Å². The zero-order valence-corrected chi connectivity index (χ0v) is 30.5. The van der Waals surface area contributed by atoms with Gasteiger partial charge in [0.1, 0.15) is 12.2 Å². The van der Waals surface area contributed by atoms with E-state index in [2.05, 4.69) is 34.6 Å². The van der Waals surface area contributed by atoms with Crippen molar-refractivity contribution < 1.29 is 19.1 Å². The molecule has 6 heteroatoms. The molecule has 4 nitrogen and oxygen atoms in total. The van der Waals surface area contributed by atoms with Crippen LogP contribution in [-0.4, -0.2) is 24.1 Å². The minimum atomic E-state index is -0.514. The van der Waals surface area contributed by atoms with Crippen molar-refractivity contribution in [2.24, 2.45) is 52.3 Å². The molecule has 0 heterocycles. The van der Waals surface area contributed by atoms with Gasteiger partial charge in [-0.3, -0.25) is 0 Å². The van der Waals surface area contributed by atoms with Crippen LogP contribution in [0.4, 0.5) is 0 Å². The highest BCUT2D eigenvalue weighted by molar-refractivity contribution is 6.31. The molecule has 256 valence electrons. The van der Waals surface area contributed by atoms with Gasteiger partial charge < -0.3 is 9.47 Å². The summed E-state index contributed by atoms with van der Waals surface area (Å²) in [6.45, 7) is 12.3. The molecule has 4 aliphatic carbocycles. The molecule has 0 bridgehead atoms. The molecular formula is C41H54Cl2O4. The van der Waals surface area contributed by atoms with Crippen molar-refractivity contribution in [1.82, 2.24) is 0 Å². The van der Waals surface area contributed by atoms with Gasteiger partial charge >= 0.3 is 11.9 Å². The Hall–Kier alpha value is -2.04. The number of ether oxygens (including phenoxy) is 2. The normalized spacial score (nSPS) is 35.4. The highest BCUT2D eigenvalue weighted by atomic mass is 35.5. The van der Waals surface area contributed by atoms with Crippen LogP contribution in [0.15, 0.2) is 48.5 Å². The molecule has 0 unspecified atom stereocenters. The van der Waals surface area contributed by atoms with E-state index in [4.69, 9.17) is 32.7 Å². The van der Waals surface area contributed by atoms with Gasteiger partial charge in [-0.1, -0.05) is 77.1 Å². The number of benzene rings is 2. The molecular weight excluding hydrogens is 627 g/mol. The maximum atomic E-state index is 13.5. The van der Waals surface area contributed by atoms with Gasteiger partial charge in [0, 0.05) is 10.0 Å². The van der Waals surface area contributed by atoms with Gasteiger partial charge in [-0.25, -0.2) is 9.59 Å². The van der Waals surface area contributed by atoms with Crippen LogP contribution in [0.1, 0.15) is 126 Å². The van der Waals surface area contributed by atoms with E-state index >= 15 is 0 Å². The van der Waals surface area contributed by atoms with Gasteiger partial charge in [0.25, 0.3) is 0 Å². The van der Waals surface area contributed by atoms with Crippen molar-refractivity contribution in [3.8, 4) is 0 Å². The van der Waals surface area contributed by atoms with E-state index < -0.39 is 24.1 Å². The van der Waals surface area contributed by atoms with Gasteiger partial charge in [0.05, 0.1) is 11.1 Å². The Kier molecular flexibility index (Phi) is 10.4. The Bertz CT molecular complexity index is 1410. The Morgan fingerprint density at radius 2 is 1.32 bits per heavy atom. The van der Waals surface area contributed by atoms with Crippen LogP contribution in [0.5, 0.6) is 0 Å². The SMILES string of the molecule is CC(C)CCC[C@@H](C)[C@@H]1CC[C@@H]2[C@@H]3CC[C@H]4C[C@H](OC(=O)c5ccc(Cl)cc5)[C@H](OC(=O)c5ccc(Cl)cc5)C[C@]4(C)[C@@H]3CC[C@@]21C. The quantitative estimate of drug-likeness (QED) is 0.247. The smallest absolute Gasteiger partial charge is 0.338 e. The van der Waals surface area contributed by atoms with Gasteiger partial charge in [-0.15, -0.1) is 0 Å². The molecule has 0 saturated heterocycles. The Morgan fingerprint density at radius 1 is 0.745 bits per heavy atom. The predicted molar refractivity (Wildman–Crippen MR) is 190 cm³/mol. The minimum absolute atomic E-state index is 0.0271. The monoisotopic (exact) mass is 680 g/mol. The standard InChI is InChI=1S/C41H54Cl2O4/c1-25(2)7-6-8-26(3)33-19-20-34-32-18-13-29-23-36(46-38(44)27-9-14-30(42)15-10-27)37(47-39(45)28-11-16-31(43)17-12-28)24-41(29,5)35(32)21-22-40(33,34)4/h9-12,14-17,25-26,29,32-37H,6-8,13,18-24H2,1-5H3/t26-,29+,32+,33+,34-,35-,36+,37-,40-,41+/m1/s1. The number of esters is 2. The minimum Gasteiger partial charge on any atom is -0.455 e. The predicted octanol–water partition coefficient (Wildman–Crippen LogP) is 11.5. The van der Waals surface area contributed by atoms with Crippen molar-refractivity contribution in [2.45, 2.75) is 117 Å². The van der Waals surface area contributed by atoms with Crippen LogP contribution in [0.2, 0.25) is 10.0 Å². The lowest BCUT2D eigenvalue weighted by Gasteiger charge is -2.62. The molecule has 0 spiro atoms. The molecule has 0 aromatic heterocycles. The lowest BCUT2D eigenvalue weighted by molar-refractivity contribution is -0.163. The lowest BCUT2D eigenvalue weighted by Crippen LogP contribution is -2.58. The van der Waals surface area contributed by atoms with E-state index in [-0.39, 0.29) is 5.41 Å². The largest absolute Gasteiger partial charge is 0.455 e. The Morgan fingerprint density at radius 3 is 1.91 bits per heavy atom. The molecule has 0 amide bonds. The van der Waals surface area contributed by atoms with E-state index in [1.165, 1.54) is 51.4 Å². The van der Waals surface area contributed by atoms with Crippen molar-refractivity contribution in [3.63, 3.8) is 0 Å².